The van der Waals surface area contributed by atoms with E-state index in [4.69, 9.17) is 26.8 Å². The minimum absolute atomic E-state index is 0.0250. The van der Waals surface area contributed by atoms with Gasteiger partial charge in [-0.05, 0) is 80.9 Å². The fourth-order valence-electron chi connectivity index (χ4n) is 5.83. The molecule has 0 aliphatic carbocycles. The van der Waals surface area contributed by atoms with Gasteiger partial charge in [-0.25, -0.2) is 0 Å². The van der Waals surface area contributed by atoms with Crippen LogP contribution in [0.25, 0.3) is 0 Å². The van der Waals surface area contributed by atoms with Crippen LogP contribution in [0.2, 0.25) is 5.02 Å². The second-order valence-electron chi connectivity index (χ2n) is 12.1. The lowest BCUT2D eigenvalue weighted by atomic mass is 10.0. The standard InChI is InChI=1S/C36H44ClN5O4/c1-26(2)46-34-15-8-27(23-39(3)17-16-38)22-33(34)42-30(12-9-28-6-4-5-7-32(28)36(42)44)24-40-18-20-41(21-19-40)35(43)25-45-31-13-10-29(37)11-14-31/h4-8,10-15,22,26H,9,16-21,23-25,38H2,1-3H3. The van der Waals surface area contributed by atoms with Crippen LogP contribution in [0, 0.1) is 0 Å². The van der Waals surface area contributed by atoms with E-state index >= 15 is 0 Å². The minimum Gasteiger partial charge on any atom is -0.489 e. The van der Waals surface area contributed by atoms with Crippen molar-refractivity contribution in [2.45, 2.75) is 32.9 Å². The zero-order chi connectivity index (χ0) is 32.6. The lowest BCUT2D eigenvalue weighted by Gasteiger charge is -2.37. The fourth-order valence-corrected chi connectivity index (χ4v) is 5.95. The van der Waals surface area contributed by atoms with E-state index in [2.05, 4.69) is 28.0 Å². The van der Waals surface area contributed by atoms with Crippen LogP contribution in [0.4, 0.5) is 5.69 Å². The molecular formula is C36H44ClN5O4. The zero-order valence-corrected chi connectivity index (χ0v) is 27.7. The summed E-state index contributed by atoms with van der Waals surface area (Å²) in [7, 11) is 2.04. The van der Waals surface area contributed by atoms with Crippen molar-refractivity contribution >= 4 is 29.1 Å². The molecular weight excluding hydrogens is 602 g/mol. The Hall–Kier alpha value is -3.89. The molecule has 5 rings (SSSR count). The lowest BCUT2D eigenvalue weighted by molar-refractivity contribution is -0.135. The summed E-state index contributed by atoms with van der Waals surface area (Å²) in [6.45, 7) is 9.06. The van der Waals surface area contributed by atoms with Crippen molar-refractivity contribution in [1.82, 2.24) is 14.7 Å². The van der Waals surface area contributed by atoms with Gasteiger partial charge in [0.2, 0.25) is 0 Å². The molecule has 0 bridgehead atoms. The maximum absolute atomic E-state index is 14.4. The largest absolute Gasteiger partial charge is 0.489 e. The maximum Gasteiger partial charge on any atom is 0.263 e. The first-order chi connectivity index (χ1) is 22.2. The summed E-state index contributed by atoms with van der Waals surface area (Å²) in [4.78, 5) is 35.5. The Bertz CT molecular complexity index is 1540. The zero-order valence-electron chi connectivity index (χ0n) is 27.0. The maximum atomic E-state index is 14.4. The fraction of sp³-hybridized carbons (Fsp3) is 0.389. The third-order valence-corrected chi connectivity index (χ3v) is 8.42. The van der Waals surface area contributed by atoms with Gasteiger partial charge in [0.1, 0.15) is 11.5 Å². The number of carbonyl (C=O) groups excluding carboxylic acids is 2. The number of hydrogen-bond acceptors (Lipinski definition) is 7. The van der Waals surface area contributed by atoms with Gasteiger partial charge in [-0.2, -0.15) is 0 Å². The Labute approximate surface area is 277 Å². The Balaban J connectivity index is 1.36. The van der Waals surface area contributed by atoms with Crippen LogP contribution in [-0.2, 0) is 17.8 Å². The molecule has 1 fully saturated rings. The first-order valence-corrected chi connectivity index (χ1v) is 16.3. The Morgan fingerprint density at radius 2 is 1.76 bits per heavy atom. The number of rotatable bonds is 12. The molecule has 3 aromatic carbocycles. The van der Waals surface area contributed by atoms with E-state index in [0.29, 0.717) is 74.3 Å². The van der Waals surface area contributed by atoms with E-state index in [1.807, 2.05) is 61.0 Å². The molecule has 3 aromatic rings. The predicted molar refractivity (Wildman–Crippen MR) is 183 cm³/mol. The van der Waals surface area contributed by atoms with Crippen molar-refractivity contribution in [2.24, 2.45) is 5.73 Å². The molecule has 46 heavy (non-hydrogen) atoms. The van der Waals surface area contributed by atoms with E-state index < -0.39 is 0 Å². The molecule has 0 spiro atoms. The highest BCUT2D eigenvalue weighted by atomic mass is 35.5. The molecule has 0 unspecified atom stereocenters. The SMILES string of the molecule is CC(C)Oc1ccc(CN(C)CCN)cc1N1C(=O)c2ccccc2CC=C1CN1CCN(C(=O)COc2ccc(Cl)cc2)CC1. The second-order valence-corrected chi connectivity index (χ2v) is 12.5. The molecule has 2 aliphatic rings. The van der Waals surface area contributed by atoms with Crippen LogP contribution in [0.5, 0.6) is 11.5 Å². The molecule has 0 aromatic heterocycles. The summed E-state index contributed by atoms with van der Waals surface area (Å²) in [5.74, 6) is 1.14. The van der Waals surface area contributed by atoms with Crippen LogP contribution >= 0.6 is 11.6 Å². The summed E-state index contributed by atoms with van der Waals surface area (Å²) < 4.78 is 12.0. The van der Waals surface area contributed by atoms with Gasteiger partial charge in [-0.1, -0.05) is 41.9 Å². The number of carbonyl (C=O) groups is 2. The second kappa shape index (κ2) is 15.6. The smallest absolute Gasteiger partial charge is 0.263 e. The quantitative estimate of drug-likeness (QED) is 0.302. The van der Waals surface area contributed by atoms with E-state index in [-0.39, 0.29) is 24.5 Å². The van der Waals surface area contributed by atoms with Crippen LogP contribution in [-0.4, -0.2) is 92.1 Å². The number of anilines is 1. The molecule has 0 saturated carbocycles. The Morgan fingerprint density at radius 1 is 1.02 bits per heavy atom. The number of allylic oxidation sites excluding steroid dienone is 1. The predicted octanol–water partition coefficient (Wildman–Crippen LogP) is 4.83. The molecule has 1 saturated heterocycles. The topological polar surface area (TPSA) is 91.6 Å². The van der Waals surface area contributed by atoms with Gasteiger partial charge in [-0.3, -0.25) is 19.4 Å². The van der Waals surface area contributed by atoms with E-state index in [1.54, 1.807) is 24.3 Å². The summed E-state index contributed by atoms with van der Waals surface area (Å²) in [5.41, 5.74) is 10.2. The summed E-state index contributed by atoms with van der Waals surface area (Å²) in [6.07, 6.45) is 2.74. The van der Waals surface area contributed by atoms with E-state index in [0.717, 1.165) is 29.1 Å². The first kappa shape index (κ1) is 33.5. The number of ether oxygens (including phenoxy) is 2. The summed E-state index contributed by atoms with van der Waals surface area (Å²) in [5, 5.41) is 0.620. The van der Waals surface area contributed by atoms with Crippen molar-refractivity contribution in [2.75, 3.05) is 64.4 Å². The Kier molecular flexibility index (Phi) is 11.4. The van der Waals surface area contributed by atoms with Crippen LogP contribution < -0.4 is 20.1 Å². The van der Waals surface area contributed by atoms with Crippen LogP contribution in [0.3, 0.4) is 0 Å². The first-order valence-electron chi connectivity index (χ1n) is 15.9. The molecule has 2 aliphatic heterocycles. The number of fused-ring (bicyclic) bond motifs is 1. The number of amides is 2. The molecule has 0 radical (unpaired) electrons. The third-order valence-electron chi connectivity index (χ3n) is 8.17. The van der Waals surface area contributed by atoms with Gasteiger partial charge in [0.05, 0.1) is 11.8 Å². The molecule has 9 nitrogen and oxygen atoms in total. The molecule has 2 N–H and O–H groups in total. The number of benzene rings is 3. The average molecular weight is 646 g/mol. The van der Waals surface area contributed by atoms with Gasteiger partial charge < -0.3 is 25.0 Å². The number of piperazine rings is 1. The number of nitrogens with zero attached hydrogens (tertiary/aromatic N) is 4. The lowest BCUT2D eigenvalue weighted by Crippen LogP contribution is -2.51. The highest BCUT2D eigenvalue weighted by Crippen LogP contribution is 2.36. The molecule has 2 heterocycles. The van der Waals surface area contributed by atoms with Crippen molar-refractivity contribution in [3.63, 3.8) is 0 Å². The number of hydrogen-bond donors (Lipinski definition) is 1. The Morgan fingerprint density at radius 3 is 2.48 bits per heavy atom. The highest BCUT2D eigenvalue weighted by Gasteiger charge is 2.31. The van der Waals surface area contributed by atoms with Crippen LogP contribution in [0.1, 0.15) is 35.3 Å². The van der Waals surface area contributed by atoms with Gasteiger partial charge in [0.25, 0.3) is 11.8 Å². The van der Waals surface area contributed by atoms with Gasteiger partial charge >= 0.3 is 0 Å². The third kappa shape index (κ3) is 8.47. The number of halogens is 1. The molecule has 2 amide bonds. The monoisotopic (exact) mass is 645 g/mol. The van der Waals surface area contributed by atoms with Gasteiger partial charge in [0.15, 0.2) is 6.61 Å². The molecule has 0 atom stereocenters. The van der Waals surface area contributed by atoms with Gasteiger partial charge in [-0.15, -0.1) is 0 Å². The van der Waals surface area contributed by atoms with Crippen molar-refractivity contribution in [1.29, 1.82) is 0 Å². The summed E-state index contributed by atoms with van der Waals surface area (Å²) >= 11 is 5.95. The number of nitrogens with two attached hydrogens (primary N) is 1. The van der Waals surface area contributed by atoms with E-state index in [1.165, 1.54) is 0 Å². The van der Waals surface area contributed by atoms with Crippen molar-refractivity contribution in [3.8, 4) is 11.5 Å². The summed E-state index contributed by atoms with van der Waals surface area (Å²) in [6, 6.07) is 20.9. The highest BCUT2D eigenvalue weighted by molar-refractivity contribution is 6.30. The average Bonchev–Trinajstić information content (AvgIpc) is 3.17. The van der Waals surface area contributed by atoms with E-state index in [9.17, 15) is 9.59 Å². The minimum atomic E-state index is -0.0754. The molecule has 10 heteroatoms. The van der Waals surface area contributed by atoms with Crippen molar-refractivity contribution in [3.05, 3.63) is 100 Å². The normalized spacial score (nSPS) is 15.5. The van der Waals surface area contributed by atoms with Crippen molar-refractivity contribution < 1.29 is 19.1 Å². The molecule has 244 valence electrons. The van der Waals surface area contributed by atoms with Gasteiger partial charge in [0, 0.05) is 68.6 Å². The van der Waals surface area contributed by atoms with Crippen LogP contribution in [0.15, 0.2) is 78.5 Å². The number of likely N-dealkylation sites (N-methyl/N-ethyl adjacent to an activating group) is 1.